The minimum atomic E-state index is 0.447. The lowest BCUT2D eigenvalue weighted by Gasteiger charge is -2.12. The van der Waals surface area contributed by atoms with Gasteiger partial charge in [0.15, 0.2) is 0 Å². The smallest absolute Gasteiger partial charge is 0.0620 e. The van der Waals surface area contributed by atoms with Gasteiger partial charge >= 0.3 is 0 Å². The molecule has 3 aromatic rings. The number of nitrogens with two attached hydrogens (primary N) is 1. The van der Waals surface area contributed by atoms with Crippen LogP contribution in [0.3, 0.4) is 0 Å². The van der Waals surface area contributed by atoms with E-state index in [0.717, 1.165) is 27.2 Å². The fourth-order valence-corrected chi connectivity index (χ4v) is 2.69. The fraction of sp³-hybridized carbons (Fsp3) is 0.118. The van der Waals surface area contributed by atoms with Crippen LogP contribution in [0.5, 0.6) is 0 Å². The van der Waals surface area contributed by atoms with Crippen molar-refractivity contribution in [2.75, 3.05) is 0 Å². The van der Waals surface area contributed by atoms with Gasteiger partial charge in [-0.15, -0.1) is 0 Å². The zero-order valence-electron chi connectivity index (χ0n) is 11.2. The highest BCUT2D eigenvalue weighted by Crippen LogP contribution is 2.31. The molecular formula is C17H15ClN2. The van der Waals surface area contributed by atoms with Gasteiger partial charge in [-0.05, 0) is 35.6 Å². The third kappa shape index (κ3) is 2.17. The highest BCUT2D eigenvalue weighted by Gasteiger charge is 2.10. The number of fused-ring (bicyclic) bond motifs is 1. The van der Waals surface area contributed by atoms with Crippen LogP contribution in [0.1, 0.15) is 11.3 Å². The Labute approximate surface area is 123 Å². The maximum Gasteiger partial charge on any atom is 0.0620 e. The van der Waals surface area contributed by atoms with Crippen LogP contribution in [0.15, 0.2) is 48.7 Å². The highest BCUT2D eigenvalue weighted by atomic mass is 35.5. The van der Waals surface area contributed by atoms with Gasteiger partial charge in [-0.3, -0.25) is 4.98 Å². The normalized spacial score (nSPS) is 10.9. The minimum absolute atomic E-state index is 0.447. The molecule has 2 nitrogen and oxygen atoms in total. The van der Waals surface area contributed by atoms with E-state index in [1.54, 1.807) is 0 Å². The standard InChI is InChI=1S/C17H15ClN2/c1-11-3-2-4-14-15(10-20-16(9-19)17(11)14)12-5-7-13(18)8-6-12/h2-8,10H,9,19H2,1H3. The van der Waals surface area contributed by atoms with Crippen molar-refractivity contribution >= 4 is 22.4 Å². The Morgan fingerprint density at radius 3 is 2.55 bits per heavy atom. The Bertz CT molecular complexity index is 764. The van der Waals surface area contributed by atoms with E-state index in [2.05, 4.69) is 30.1 Å². The number of hydrogen-bond donors (Lipinski definition) is 1. The summed E-state index contributed by atoms with van der Waals surface area (Å²) in [5.41, 5.74) is 10.2. The third-order valence-corrected chi connectivity index (χ3v) is 3.80. The molecule has 100 valence electrons. The summed E-state index contributed by atoms with van der Waals surface area (Å²) >= 11 is 5.96. The van der Waals surface area contributed by atoms with Gasteiger partial charge in [0, 0.05) is 28.7 Å². The monoisotopic (exact) mass is 282 g/mol. The third-order valence-electron chi connectivity index (χ3n) is 3.55. The van der Waals surface area contributed by atoms with Crippen LogP contribution in [-0.4, -0.2) is 4.98 Å². The van der Waals surface area contributed by atoms with Crippen molar-refractivity contribution in [1.82, 2.24) is 4.98 Å². The quantitative estimate of drug-likeness (QED) is 0.760. The van der Waals surface area contributed by atoms with E-state index in [1.165, 1.54) is 10.9 Å². The highest BCUT2D eigenvalue weighted by molar-refractivity contribution is 6.30. The molecule has 2 N–H and O–H groups in total. The van der Waals surface area contributed by atoms with Crippen LogP contribution >= 0.6 is 11.6 Å². The second kappa shape index (κ2) is 5.23. The second-order valence-corrected chi connectivity index (χ2v) is 5.26. The average Bonchev–Trinajstić information content (AvgIpc) is 2.47. The first kappa shape index (κ1) is 13.1. The molecule has 0 amide bonds. The van der Waals surface area contributed by atoms with E-state index in [-0.39, 0.29) is 0 Å². The number of rotatable bonds is 2. The van der Waals surface area contributed by atoms with Gasteiger partial charge in [-0.25, -0.2) is 0 Å². The van der Waals surface area contributed by atoms with Crippen LogP contribution in [-0.2, 0) is 6.54 Å². The van der Waals surface area contributed by atoms with Gasteiger partial charge in [0.25, 0.3) is 0 Å². The Morgan fingerprint density at radius 1 is 1.10 bits per heavy atom. The molecule has 20 heavy (non-hydrogen) atoms. The van der Waals surface area contributed by atoms with Crippen LogP contribution < -0.4 is 5.73 Å². The first-order valence-corrected chi connectivity index (χ1v) is 6.91. The summed E-state index contributed by atoms with van der Waals surface area (Å²) in [6, 6.07) is 14.1. The molecule has 0 bridgehead atoms. The maximum absolute atomic E-state index is 5.96. The largest absolute Gasteiger partial charge is 0.325 e. The Balaban J connectivity index is 2.32. The van der Waals surface area contributed by atoms with Crippen LogP contribution in [0.25, 0.3) is 21.9 Å². The van der Waals surface area contributed by atoms with Crippen LogP contribution in [0.4, 0.5) is 0 Å². The predicted octanol–water partition coefficient (Wildman–Crippen LogP) is 4.32. The van der Waals surface area contributed by atoms with Gasteiger partial charge < -0.3 is 5.73 Å². The number of aryl methyl sites for hydroxylation is 1. The molecule has 0 radical (unpaired) electrons. The summed E-state index contributed by atoms with van der Waals surface area (Å²) in [6.07, 6.45) is 1.90. The van der Waals surface area contributed by atoms with E-state index >= 15 is 0 Å². The molecule has 0 saturated carbocycles. The predicted molar refractivity (Wildman–Crippen MR) is 84.8 cm³/mol. The molecule has 0 atom stereocenters. The number of aromatic nitrogens is 1. The molecular weight excluding hydrogens is 268 g/mol. The van der Waals surface area contributed by atoms with Crippen LogP contribution in [0.2, 0.25) is 5.02 Å². The van der Waals surface area contributed by atoms with Crippen LogP contribution in [0, 0.1) is 6.92 Å². The van der Waals surface area contributed by atoms with Gasteiger partial charge in [0.2, 0.25) is 0 Å². The van der Waals surface area contributed by atoms with Crippen molar-refractivity contribution in [2.24, 2.45) is 5.73 Å². The van der Waals surface area contributed by atoms with Gasteiger partial charge in [-0.2, -0.15) is 0 Å². The summed E-state index contributed by atoms with van der Waals surface area (Å²) in [6.45, 7) is 2.54. The molecule has 0 aliphatic carbocycles. The van der Waals surface area contributed by atoms with Crippen molar-refractivity contribution in [3.63, 3.8) is 0 Å². The molecule has 0 spiro atoms. The molecule has 0 saturated heterocycles. The van der Waals surface area contributed by atoms with E-state index in [1.807, 2.05) is 30.5 Å². The Kier molecular flexibility index (Phi) is 3.43. The minimum Gasteiger partial charge on any atom is -0.325 e. The molecule has 1 aromatic heterocycles. The molecule has 3 rings (SSSR count). The van der Waals surface area contributed by atoms with E-state index in [4.69, 9.17) is 17.3 Å². The van der Waals surface area contributed by atoms with Crippen molar-refractivity contribution < 1.29 is 0 Å². The zero-order valence-corrected chi connectivity index (χ0v) is 12.0. The Morgan fingerprint density at radius 2 is 1.85 bits per heavy atom. The van der Waals surface area contributed by atoms with E-state index in [0.29, 0.717) is 6.54 Å². The van der Waals surface area contributed by atoms with E-state index in [9.17, 15) is 0 Å². The summed E-state index contributed by atoms with van der Waals surface area (Å²) in [4.78, 5) is 4.53. The number of benzene rings is 2. The van der Waals surface area contributed by atoms with Crippen molar-refractivity contribution in [2.45, 2.75) is 13.5 Å². The average molecular weight is 283 g/mol. The molecule has 0 fully saturated rings. The first-order chi connectivity index (χ1) is 9.70. The topological polar surface area (TPSA) is 38.9 Å². The fourth-order valence-electron chi connectivity index (χ4n) is 2.57. The first-order valence-electron chi connectivity index (χ1n) is 6.54. The van der Waals surface area contributed by atoms with Gasteiger partial charge in [0.05, 0.1) is 5.69 Å². The lowest BCUT2D eigenvalue weighted by Crippen LogP contribution is -2.02. The lowest BCUT2D eigenvalue weighted by atomic mass is 9.96. The maximum atomic E-state index is 5.96. The molecule has 1 heterocycles. The summed E-state index contributed by atoms with van der Waals surface area (Å²) < 4.78 is 0. The zero-order chi connectivity index (χ0) is 14.1. The molecule has 0 aliphatic rings. The molecule has 0 aliphatic heterocycles. The van der Waals surface area contributed by atoms with Gasteiger partial charge in [-0.1, -0.05) is 41.9 Å². The number of pyridine rings is 1. The number of hydrogen-bond acceptors (Lipinski definition) is 2. The van der Waals surface area contributed by atoms with E-state index < -0.39 is 0 Å². The molecule has 3 heteroatoms. The Hall–Kier alpha value is -1.90. The van der Waals surface area contributed by atoms with Crippen molar-refractivity contribution in [1.29, 1.82) is 0 Å². The SMILES string of the molecule is Cc1cccc2c(-c3ccc(Cl)cc3)cnc(CN)c12. The second-order valence-electron chi connectivity index (χ2n) is 4.83. The van der Waals surface area contributed by atoms with Crippen molar-refractivity contribution in [3.8, 4) is 11.1 Å². The summed E-state index contributed by atoms with van der Waals surface area (Å²) in [5.74, 6) is 0. The summed E-state index contributed by atoms with van der Waals surface area (Å²) in [7, 11) is 0. The van der Waals surface area contributed by atoms with Crippen molar-refractivity contribution in [3.05, 3.63) is 64.9 Å². The molecule has 2 aromatic carbocycles. The summed E-state index contributed by atoms with van der Waals surface area (Å²) in [5, 5.41) is 3.07. The number of halogens is 1. The van der Waals surface area contributed by atoms with Gasteiger partial charge in [0.1, 0.15) is 0 Å². The lowest BCUT2D eigenvalue weighted by molar-refractivity contribution is 1.01. The number of nitrogens with zero attached hydrogens (tertiary/aromatic N) is 1. The molecule has 0 unspecified atom stereocenters.